The number of ether oxygens (including phenoxy) is 1. The minimum atomic E-state index is 0.768. The predicted octanol–water partition coefficient (Wildman–Crippen LogP) is 2.72. The summed E-state index contributed by atoms with van der Waals surface area (Å²) >= 11 is 6.05. The average Bonchev–Trinajstić information content (AvgIpc) is 2.32. The first-order chi connectivity index (χ1) is 8.24. The molecule has 0 spiro atoms. The second kappa shape index (κ2) is 8.34. The molecule has 1 aromatic carbocycles. The summed E-state index contributed by atoms with van der Waals surface area (Å²) in [7, 11) is 2.09. The normalized spacial score (nSPS) is 10.8. The molecule has 0 aliphatic heterocycles. The van der Waals surface area contributed by atoms with Gasteiger partial charge in [-0.05, 0) is 26.1 Å². The SMILES string of the molecule is CCOCCN(C)CCNc1ccccc1Cl. The molecule has 0 aromatic heterocycles. The van der Waals surface area contributed by atoms with E-state index in [1.807, 2.05) is 31.2 Å². The van der Waals surface area contributed by atoms with Gasteiger partial charge in [0.2, 0.25) is 0 Å². The molecular formula is C13H21ClN2O. The Bertz CT molecular complexity index is 320. The van der Waals surface area contributed by atoms with Gasteiger partial charge in [-0.2, -0.15) is 0 Å². The number of para-hydroxylation sites is 1. The molecule has 0 fully saturated rings. The Morgan fingerprint density at radius 1 is 1.29 bits per heavy atom. The van der Waals surface area contributed by atoms with E-state index in [4.69, 9.17) is 16.3 Å². The van der Waals surface area contributed by atoms with Crippen LogP contribution in [0, 0.1) is 0 Å². The van der Waals surface area contributed by atoms with Gasteiger partial charge in [0.05, 0.1) is 17.3 Å². The Labute approximate surface area is 109 Å². The number of nitrogens with zero attached hydrogens (tertiary/aromatic N) is 1. The first kappa shape index (κ1) is 14.3. The van der Waals surface area contributed by atoms with E-state index in [1.165, 1.54) is 0 Å². The molecule has 0 aliphatic rings. The molecule has 1 rings (SSSR count). The second-order valence-electron chi connectivity index (χ2n) is 3.91. The Kier molecular flexibility index (Phi) is 7.01. The molecule has 4 heteroatoms. The number of likely N-dealkylation sites (N-methyl/N-ethyl adjacent to an activating group) is 1. The summed E-state index contributed by atoms with van der Waals surface area (Å²) in [5.74, 6) is 0. The summed E-state index contributed by atoms with van der Waals surface area (Å²) < 4.78 is 5.30. The van der Waals surface area contributed by atoms with Crippen LogP contribution in [0.5, 0.6) is 0 Å². The molecule has 0 aliphatic carbocycles. The average molecular weight is 257 g/mol. The van der Waals surface area contributed by atoms with Gasteiger partial charge in [-0.3, -0.25) is 0 Å². The zero-order chi connectivity index (χ0) is 12.5. The van der Waals surface area contributed by atoms with Crippen LogP contribution in [0.15, 0.2) is 24.3 Å². The molecule has 1 aromatic rings. The van der Waals surface area contributed by atoms with Crippen molar-refractivity contribution in [1.29, 1.82) is 0 Å². The Hall–Kier alpha value is -0.770. The quantitative estimate of drug-likeness (QED) is 0.724. The minimum absolute atomic E-state index is 0.768. The molecule has 1 N–H and O–H groups in total. The topological polar surface area (TPSA) is 24.5 Å². The summed E-state index contributed by atoms with van der Waals surface area (Å²) in [6.45, 7) is 6.40. The van der Waals surface area contributed by atoms with E-state index in [1.54, 1.807) is 0 Å². The number of anilines is 1. The maximum atomic E-state index is 6.05. The summed E-state index contributed by atoms with van der Waals surface area (Å²) in [4.78, 5) is 2.24. The molecule has 0 bridgehead atoms. The third-order valence-electron chi connectivity index (χ3n) is 2.50. The van der Waals surface area contributed by atoms with Gasteiger partial charge >= 0.3 is 0 Å². The first-order valence-electron chi connectivity index (χ1n) is 5.98. The lowest BCUT2D eigenvalue weighted by atomic mass is 10.3. The Morgan fingerprint density at radius 2 is 2.06 bits per heavy atom. The van der Waals surface area contributed by atoms with Crippen molar-refractivity contribution in [3.63, 3.8) is 0 Å². The van der Waals surface area contributed by atoms with Crippen molar-refractivity contribution < 1.29 is 4.74 Å². The number of hydrogen-bond acceptors (Lipinski definition) is 3. The smallest absolute Gasteiger partial charge is 0.0637 e. The fourth-order valence-corrected chi connectivity index (χ4v) is 1.67. The fraction of sp³-hybridized carbons (Fsp3) is 0.538. The van der Waals surface area contributed by atoms with Crippen molar-refractivity contribution in [2.75, 3.05) is 45.2 Å². The molecular weight excluding hydrogens is 236 g/mol. The zero-order valence-electron chi connectivity index (χ0n) is 10.6. The molecule has 0 saturated carbocycles. The van der Waals surface area contributed by atoms with Gasteiger partial charge in [-0.25, -0.2) is 0 Å². The van der Waals surface area contributed by atoms with E-state index in [9.17, 15) is 0 Å². The van der Waals surface area contributed by atoms with Crippen molar-refractivity contribution in [1.82, 2.24) is 4.90 Å². The van der Waals surface area contributed by atoms with Gasteiger partial charge in [0.15, 0.2) is 0 Å². The first-order valence-corrected chi connectivity index (χ1v) is 6.36. The zero-order valence-corrected chi connectivity index (χ0v) is 11.3. The highest BCUT2D eigenvalue weighted by Crippen LogP contribution is 2.19. The summed E-state index contributed by atoms with van der Waals surface area (Å²) in [6.07, 6.45) is 0. The molecule has 96 valence electrons. The van der Waals surface area contributed by atoms with Crippen LogP contribution < -0.4 is 5.32 Å². The maximum absolute atomic E-state index is 6.05. The van der Waals surface area contributed by atoms with Crippen LogP contribution in [0.1, 0.15) is 6.92 Å². The molecule has 0 amide bonds. The summed E-state index contributed by atoms with van der Waals surface area (Å²) in [6, 6.07) is 7.79. The van der Waals surface area contributed by atoms with Crippen molar-refractivity contribution in [3.8, 4) is 0 Å². The molecule has 0 saturated heterocycles. The van der Waals surface area contributed by atoms with E-state index in [0.717, 1.165) is 43.6 Å². The van der Waals surface area contributed by atoms with Crippen LogP contribution >= 0.6 is 11.6 Å². The van der Waals surface area contributed by atoms with Crippen LogP contribution in [0.4, 0.5) is 5.69 Å². The Morgan fingerprint density at radius 3 is 2.76 bits per heavy atom. The van der Waals surface area contributed by atoms with E-state index in [0.29, 0.717) is 0 Å². The van der Waals surface area contributed by atoms with E-state index >= 15 is 0 Å². The van der Waals surface area contributed by atoms with E-state index < -0.39 is 0 Å². The molecule has 0 radical (unpaired) electrons. The highest BCUT2D eigenvalue weighted by atomic mass is 35.5. The fourth-order valence-electron chi connectivity index (χ4n) is 1.46. The monoisotopic (exact) mass is 256 g/mol. The van der Waals surface area contributed by atoms with Crippen molar-refractivity contribution in [3.05, 3.63) is 29.3 Å². The largest absolute Gasteiger partial charge is 0.383 e. The summed E-state index contributed by atoms with van der Waals surface area (Å²) in [5.41, 5.74) is 0.993. The number of rotatable bonds is 8. The second-order valence-corrected chi connectivity index (χ2v) is 4.31. The van der Waals surface area contributed by atoms with Gasteiger partial charge in [0.1, 0.15) is 0 Å². The maximum Gasteiger partial charge on any atom is 0.0637 e. The highest BCUT2D eigenvalue weighted by molar-refractivity contribution is 6.33. The van der Waals surface area contributed by atoms with Crippen LogP contribution in [0.25, 0.3) is 0 Å². The third-order valence-corrected chi connectivity index (χ3v) is 2.83. The van der Waals surface area contributed by atoms with Crippen LogP contribution in [0.2, 0.25) is 5.02 Å². The van der Waals surface area contributed by atoms with Crippen LogP contribution in [0.3, 0.4) is 0 Å². The number of benzene rings is 1. The highest BCUT2D eigenvalue weighted by Gasteiger charge is 2.00. The van der Waals surface area contributed by atoms with Gasteiger partial charge in [-0.15, -0.1) is 0 Å². The van der Waals surface area contributed by atoms with E-state index in [-0.39, 0.29) is 0 Å². The summed E-state index contributed by atoms with van der Waals surface area (Å²) in [5, 5.41) is 4.09. The van der Waals surface area contributed by atoms with Gasteiger partial charge in [0.25, 0.3) is 0 Å². The lowest BCUT2D eigenvalue weighted by Crippen LogP contribution is -2.28. The van der Waals surface area contributed by atoms with Crippen LogP contribution in [-0.2, 0) is 4.74 Å². The lowest BCUT2D eigenvalue weighted by molar-refractivity contribution is 0.123. The van der Waals surface area contributed by atoms with Crippen molar-refractivity contribution in [2.45, 2.75) is 6.92 Å². The minimum Gasteiger partial charge on any atom is -0.383 e. The molecule has 0 heterocycles. The van der Waals surface area contributed by atoms with Gasteiger partial charge in [0, 0.05) is 26.2 Å². The number of hydrogen-bond donors (Lipinski definition) is 1. The van der Waals surface area contributed by atoms with Crippen molar-refractivity contribution >= 4 is 17.3 Å². The third kappa shape index (κ3) is 5.91. The standard InChI is InChI=1S/C13H21ClN2O/c1-3-17-11-10-16(2)9-8-15-13-7-5-4-6-12(13)14/h4-7,15H,3,8-11H2,1-2H3. The van der Waals surface area contributed by atoms with E-state index in [2.05, 4.69) is 17.3 Å². The molecule has 0 unspecified atom stereocenters. The molecule has 0 atom stereocenters. The molecule has 17 heavy (non-hydrogen) atoms. The van der Waals surface area contributed by atoms with Crippen molar-refractivity contribution in [2.24, 2.45) is 0 Å². The lowest BCUT2D eigenvalue weighted by Gasteiger charge is -2.17. The van der Waals surface area contributed by atoms with Crippen LogP contribution in [-0.4, -0.2) is 44.8 Å². The number of halogens is 1. The van der Waals surface area contributed by atoms with Gasteiger partial charge in [-0.1, -0.05) is 23.7 Å². The Balaban J connectivity index is 2.17. The molecule has 3 nitrogen and oxygen atoms in total. The van der Waals surface area contributed by atoms with Gasteiger partial charge < -0.3 is 15.0 Å². The number of nitrogens with one attached hydrogen (secondary N) is 1. The predicted molar refractivity (Wildman–Crippen MR) is 73.9 cm³/mol.